The quantitative estimate of drug-likeness (QED) is 0.593. The highest BCUT2D eigenvalue weighted by molar-refractivity contribution is 6.01. The Morgan fingerprint density at radius 2 is 1.72 bits per heavy atom. The van der Waals surface area contributed by atoms with E-state index in [0.717, 1.165) is 17.5 Å². The smallest absolute Gasteiger partial charge is 0.444 e. The number of nitrogens with one attached hydrogen (secondary N) is 1. The third-order valence-electron chi connectivity index (χ3n) is 4.43. The summed E-state index contributed by atoms with van der Waals surface area (Å²) in [5.74, 6) is -0.903. The molecule has 1 N–H and O–H groups in total. The first kappa shape index (κ1) is 20.6. The number of nitrogens with zero attached hydrogens (tertiary/aromatic N) is 1. The first-order valence-electron chi connectivity index (χ1n) is 9.41. The molecule has 1 aliphatic carbocycles. The number of ether oxygens (including phenoxy) is 2. The van der Waals surface area contributed by atoms with Gasteiger partial charge in [0.15, 0.2) is 0 Å². The number of carbonyl (C=O) groups excluding carboxylic acids is 4. The number of alkyl carbamates (subject to hydrolysis) is 1. The fraction of sp³-hybridized carbons (Fsp3) is 0.500. The molecule has 1 saturated heterocycles. The van der Waals surface area contributed by atoms with Gasteiger partial charge < -0.3 is 14.8 Å². The summed E-state index contributed by atoms with van der Waals surface area (Å²) in [5.41, 5.74) is 1.25. The average molecular weight is 404 g/mol. The standard InChI is InChI=1S/C20H24N2O7/c1-20(2,3)28-18(25)21-15-10-14(15)13-6-4-12(5-7-13)11-27-19(26)29-22-16(23)8-9-17(22)24/h4-7,14-15H,8-11H2,1-3H3,(H,21,25)/t14-,15+/m0/s1. The van der Waals surface area contributed by atoms with Gasteiger partial charge in [-0.25, -0.2) is 9.59 Å². The van der Waals surface area contributed by atoms with Crippen molar-refractivity contribution < 1.29 is 33.5 Å². The number of hydroxylamine groups is 2. The Labute approximate surface area is 168 Å². The summed E-state index contributed by atoms with van der Waals surface area (Å²) in [7, 11) is 0. The van der Waals surface area contributed by atoms with Crippen LogP contribution in [0.1, 0.15) is 57.1 Å². The predicted molar refractivity (Wildman–Crippen MR) is 99.3 cm³/mol. The first-order chi connectivity index (χ1) is 13.6. The van der Waals surface area contributed by atoms with Crippen LogP contribution in [0.4, 0.5) is 9.59 Å². The van der Waals surface area contributed by atoms with Crippen molar-refractivity contribution in [2.24, 2.45) is 0 Å². The summed E-state index contributed by atoms with van der Waals surface area (Å²) in [6, 6.07) is 7.45. The van der Waals surface area contributed by atoms with Crippen molar-refractivity contribution >= 4 is 24.1 Å². The van der Waals surface area contributed by atoms with Gasteiger partial charge in [0.25, 0.3) is 11.8 Å². The molecule has 156 valence electrons. The summed E-state index contributed by atoms with van der Waals surface area (Å²) >= 11 is 0. The zero-order chi connectivity index (χ0) is 21.2. The predicted octanol–water partition coefficient (Wildman–Crippen LogP) is 2.78. The van der Waals surface area contributed by atoms with Crippen LogP contribution in [0.5, 0.6) is 0 Å². The molecular weight excluding hydrogens is 380 g/mol. The van der Waals surface area contributed by atoms with Crippen molar-refractivity contribution in [3.63, 3.8) is 0 Å². The number of hydrogen-bond donors (Lipinski definition) is 1. The molecule has 2 aliphatic rings. The lowest BCUT2D eigenvalue weighted by molar-refractivity contribution is -0.177. The maximum atomic E-state index is 11.8. The molecule has 0 unspecified atom stereocenters. The van der Waals surface area contributed by atoms with Crippen LogP contribution in [0, 0.1) is 0 Å². The van der Waals surface area contributed by atoms with Gasteiger partial charge in [0, 0.05) is 24.8 Å². The maximum Gasteiger partial charge on any atom is 0.534 e. The molecule has 0 spiro atoms. The first-order valence-corrected chi connectivity index (χ1v) is 9.41. The minimum Gasteiger partial charge on any atom is -0.444 e. The largest absolute Gasteiger partial charge is 0.534 e. The Morgan fingerprint density at radius 3 is 2.31 bits per heavy atom. The van der Waals surface area contributed by atoms with Crippen LogP contribution in [0.2, 0.25) is 0 Å². The number of carbonyl (C=O) groups is 4. The van der Waals surface area contributed by atoms with E-state index in [9.17, 15) is 19.2 Å². The molecule has 1 aliphatic heterocycles. The van der Waals surface area contributed by atoms with Crippen molar-refractivity contribution in [3.8, 4) is 0 Å². The van der Waals surface area contributed by atoms with E-state index in [-0.39, 0.29) is 31.4 Å². The second-order valence-corrected chi connectivity index (χ2v) is 8.05. The molecule has 29 heavy (non-hydrogen) atoms. The van der Waals surface area contributed by atoms with Crippen LogP contribution in [0.3, 0.4) is 0 Å². The minimum atomic E-state index is -1.11. The Bertz CT molecular complexity index is 797. The highest BCUT2D eigenvalue weighted by atomic mass is 16.8. The van der Waals surface area contributed by atoms with Gasteiger partial charge in [-0.15, -0.1) is 0 Å². The molecule has 9 heteroatoms. The van der Waals surface area contributed by atoms with Gasteiger partial charge in [0.2, 0.25) is 0 Å². The number of imide groups is 1. The van der Waals surface area contributed by atoms with Crippen molar-refractivity contribution in [2.75, 3.05) is 0 Å². The number of rotatable bonds is 5. The van der Waals surface area contributed by atoms with E-state index in [1.807, 2.05) is 32.9 Å². The van der Waals surface area contributed by atoms with Gasteiger partial charge in [-0.2, -0.15) is 0 Å². The van der Waals surface area contributed by atoms with E-state index < -0.39 is 29.7 Å². The highest BCUT2D eigenvalue weighted by Crippen LogP contribution is 2.41. The average Bonchev–Trinajstić information content (AvgIpc) is 3.32. The topological polar surface area (TPSA) is 111 Å². The van der Waals surface area contributed by atoms with Crippen LogP contribution in [-0.2, 0) is 30.5 Å². The Balaban J connectivity index is 1.43. The molecule has 3 rings (SSSR count). The molecule has 1 heterocycles. The van der Waals surface area contributed by atoms with E-state index in [4.69, 9.17) is 9.47 Å². The molecule has 1 aromatic rings. The molecule has 0 radical (unpaired) electrons. The Kier molecular flexibility index (Phi) is 5.76. The fourth-order valence-electron chi connectivity index (χ4n) is 2.94. The summed E-state index contributed by atoms with van der Waals surface area (Å²) in [6.07, 6.45) is -0.652. The summed E-state index contributed by atoms with van der Waals surface area (Å²) in [6.45, 7) is 5.39. The fourth-order valence-corrected chi connectivity index (χ4v) is 2.94. The molecule has 9 nitrogen and oxygen atoms in total. The molecule has 1 saturated carbocycles. The summed E-state index contributed by atoms with van der Waals surface area (Å²) < 4.78 is 10.2. The lowest BCUT2D eigenvalue weighted by atomic mass is 10.1. The lowest BCUT2D eigenvalue weighted by Gasteiger charge is -2.19. The van der Waals surface area contributed by atoms with Crippen LogP contribution in [0.15, 0.2) is 24.3 Å². The number of hydrogen-bond acceptors (Lipinski definition) is 7. The van der Waals surface area contributed by atoms with Crippen LogP contribution >= 0.6 is 0 Å². The van der Waals surface area contributed by atoms with Gasteiger partial charge in [0.05, 0.1) is 0 Å². The van der Waals surface area contributed by atoms with Crippen molar-refractivity contribution in [3.05, 3.63) is 35.4 Å². The van der Waals surface area contributed by atoms with Gasteiger partial charge in [-0.3, -0.25) is 14.4 Å². The highest BCUT2D eigenvalue weighted by Gasteiger charge is 2.40. The van der Waals surface area contributed by atoms with Gasteiger partial charge in [0.1, 0.15) is 12.2 Å². The lowest BCUT2D eigenvalue weighted by Crippen LogP contribution is -2.34. The van der Waals surface area contributed by atoms with Crippen molar-refractivity contribution in [1.82, 2.24) is 10.4 Å². The van der Waals surface area contributed by atoms with E-state index in [1.165, 1.54) is 0 Å². The van der Waals surface area contributed by atoms with Gasteiger partial charge in [-0.1, -0.05) is 29.3 Å². The zero-order valence-corrected chi connectivity index (χ0v) is 16.6. The molecule has 3 amide bonds. The van der Waals surface area contributed by atoms with E-state index in [2.05, 4.69) is 10.2 Å². The van der Waals surface area contributed by atoms with Crippen molar-refractivity contribution in [2.45, 2.75) is 64.2 Å². The van der Waals surface area contributed by atoms with Crippen LogP contribution in [-0.4, -0.2) is 40.8 Å². The molecule has 1 aromatic carbocycles. The van der Waals surface area contributed by atoms with E-state index in [1.54, 1.807) is 12.1 Å². The van der Waals surface area contributed by atoms with Gasteiger partial charge in [-0.05, 0) is 38.3 Å². The summed E-state index contributed by atoms with van der Waals surface area (Å²) in [5, 5.41) is 3.29. The third kappa shape index (κ3) is 5.69. The molecule has 2 fully saturated rings. The van der Waals surface area contributed by atoms with E-state index >= 15 is 0 Å². The van der Waals surface area contributed by atoms with Crippen LogP contribution in [0.25, 0.3) is 0 Å². The second-order valence-electron chi connectivity index (χ2n) is 8.05. The Hall–Kier alpha value is -3.10. The monoisotopic (exact) mass is 404 g/mol. The molecule has 0 bridgehead atoms. The normalized spacial score (nSPS) is 21.0. The molecular formula is C20H24N2O7. The van der Waals surface area contributed by atoms with E-state index in [0.29, 0.717) is 5.06 Å². The molecule has 0 aromatic heterocycles. The maximum absolute atomic E-state index is 11.8. The van der Waals surface area contributed by atoms with Gasteiger partial charge >= 0.3 is 12.2 Å². The third-order valence-corrected chi connectivity index (χ3v) is 4.43. The minimum absolute atomic E-state index is 0.0263. The summed E-state index contributed by atoms with van der Waals surface area (Å²) in [4.78, 5) is 50.9. The zero-order valence-electron chi connectivity index (χ0n) is 16.6. The SMILES string of the molecule is CC(C)(C)OC(=O)N[C@@H]1C[C@H]1c1ccc(COC(=O)ON2C(=O)CCC2=O)cc1. The number of amides is 3. The molecule has 2 atom stereocenters. The van der Waals surface area contributed by atoms with Crippen LogP contribution < -0.4 is 5.32 Å². The van der Waals surface area contributed by atoms with Crippen molar-refractivity contribution in [1.29, 1.82) is 0 Å². The second kappa shape index (κ2) is 8.10. The Morgan fingerprint density at radius 1 is 1.10 bits per heavy atom. The number of benzene rings is 1.